The molecule has 0 unspecified atom stereocenters. The van der Waals surface area contributed by atoms with Crippen LogP contribution in [0.5, 0.6) is 5.75 Å². The third-order valence-corrected chi connectivity index (χ3v) is 9.56. The highest BCUT2D eigenvalue weighted by molar-refractivity contribution is 6.10. The van der Waals surface area contributed by atoms with Gasteiger partial charge in [-0.3, -0.25) is 19.3 Å². The number of hydrogen-bond acceptors (Lipinski definition) is 7. The van der Waals surface area contributed by atoms with Crippen molar-refractivity contribution in [2.45, 2.75) is 51.0 Å². The molecular weight excluding hydrogens is 598 g/mol. The molecule has 1 spiro atoms. The molecule has 3 aromatic carbocycles. The second-order valence-corrected chi connectivity index (χ2v) is 13.0. The normalized spacial score (nSPS) is 23.5. The van der Waals surface area contributed by atoms with E-state index in [0.717, 1.165) is 5.56 Å². The fourth-order valence-electron chi connectivity index (χ4n) is 7.62. The molecule has 3 aliphatic rings. The van der Waals surface area contributed by atoms with E-state index in [1.807, 2.05) is 61.5 Å². The van der Waals surface area contributed by atoms with Gasteiger partial charge in [-0.2, -0.15) is 0 Å². The van der Waals surface area contributed by atoms with Gasteiger partial charge in [-0.1, -0.05) is 55.5 Å². The lowest BCUT2D eigenvalue weighted by Gasteiger charge is -2.34. The number of para-hydroxylation sites is 2. The Morgan fingerprint density at radius 1 is 1.09 bits per heavy atom. The second kappa shape index (κ2) is 12.6. The van der Waals surface area contributed by atoms with Gasteiger partial charge in [0.2, 0.25) is 5.91 Å². The zero-order chi connectivity index (χ0) is 33.5. The molecule has 3 aromatic rings. The lowest BCUT2D eigenvalue weighted by Crippen LogP contribution is -2.46. The van der Waals surface area contributed by atoms with Crippen LogP contribution in [0.1, 0.15) is 38.3 Å². The number of rotatable bonds is 10. The van der Waals surface area contributed by atoms with Crippen molar-refractivity contribution >= 4 is 34.8 Å². The average molecular weight is 640 g/mol. The Balaban J connectivity index is 1.41. The van der Waals surface area contributed by atoms with Gasteiger partial charge in [0.15, 0.2) is 12.2 Å². The number of fused-ring (bicyclic) bond motifs is 3. The first-order chi connectivity index (χ1) is 22.5. The maximum absolute atomic E-state index is 14.6. The van der Waals surface area contributed by atoms with Crippen LogP contribution in [0.15, 0.2) is 85.5 Å². The molecule has 0 aromatic heterocycles. The van der Waals surface area contributed by atoms with Crippen LogP contribution < -0.4 is 14.5 Å². The Hall–Kier alpha value is -4.51. The van der Waals surface area contributed by atoms with E-state index in [4.69, 9.17) is 9.47 Å². The number of carbonyl (C=O) groups excluding carboxylic acids is 3. The molecule has 0 radical (unpaired) electrons. The maximum atomic E-state index is 14.6. The van der Waals surface area contributed by atoms with Crippen molar-refractivity contribution in [1.29, 1.82) is 0 Å². The van der Waals surface area contributed by atoms with E-state index in [9.17, 15) is 24.6 Å². The van der Waals surface area contributed by atoms with Crippen LogP contribution in [0, 0.1) is 11.8 Å². The molecule has 3 aliphatic heterocycles. The van der Waals surface area contributed by atoms with E-state index in [1.54, 1.807) is 52.8 Å². The maximum Gasteiger partial charge on any atom is 0.269 e. The first-order valence-electron chi connectivity index (χ1n) is 16.0. The van der Waals surface area contributed by atoms with E-state index < -0.39 is 29.1 Å². The number of nitrogens with zero attached hydrogens (tertiary/aromatic N) is 3. The molecule has 10 heteroatoms. The summed E-state index contributed by atoms with van der Waals surface area (Å²) in [6.45, 7) is 9.38. The highest BCUT2D eigenvalue weighted by Crippen LogP contribution is 2.58. The number of aliphatic hydroxyl groups excluding tert-OH is 1. The Kier molecular flexibility index (Phi) is 8.69. The van der Waals surface area contributed by atoms with Gasteiger partial charge < -0.3 is 29.5 Å². The predicted octanol–water partition coefficient (Wildman–Crippen LogP) is 4.30. The van der Waals surface area contributed by atoms with Crippen LogP contribution in [0.2, 0.25) is 0 Å². The van der Waals surface area contributed by atoms with Gasteiger partial charge in [-0.25, -0.2) is 0 Å². The topological polar surface area (TPSA) is 120 Å². The molecule has 246 valence electrons. The number of anilines is 3. The minimum atomic E-state index is -1.54. The molecular formula is C37H41N3O7. The van der Waals surface area contributed by atoms with Crippen molar-refractivity contribution in [1.82, 2.24) is 4.90 Å². The predicted molar refractivity (Wildman–Crippen MR) is 177 cm³/mol. The van der Waals surface area contributed by atoms with Crippen molar-refractivity contribution in [3.05, 3.63) is 96.6 Å². The summed E-state index contributed by atoms with van der Waals surface area (Å²) in [6.07, 6.45) is 0.706. The van der Waals surface area contributed by atoms with Crippen LogP contribution in [0.3, 0.4) is 0 Å². The van der Waals surface area contributed by atoms with E-state index in [0.29, 0.717) is 34.9 Å². The third-order valence-electron chi connectivity index (χ3n) is 9.56. The minimum Gasteiger partial charge on any atom is -0.482 e. The summed E-state index contributed by atoms with van der Waals surface area (Å²) < 4.78 is 12.5. The number of benzene rings is 3. The Morgan fingerprint density at radius 2 is 1.81 bits per heavy atom. The number of carbonyl (C=O) groups is 3. The zero-order valence-electron chi connectivity index (χ0n) is 27.0. The molecule has 0 bridgehead atoms. The molecule has 47 heavy (non-hydrogen) atoms. The van der Waals surface area contributed by atoms with Gasteiger partial charge in [0.25, 0.3) is 11.8 Å². The van der Waals surface area contributed by atoms with Crippen LogP contribution in [-0.2, 0) is 31.3 Å². The number of hydrogen-bond donors (Lipinski definition) is 2. The molecule has 3 heterocycles. The van der Waals surface area contributed by atoms with Crippen molar-refractivity contribution in [3.63, 3.8) is 0 Å². The summed E-state index contributed by atoms with van der Waals surface area (Å²) in [7, 11) is 0. The second-order valence-electron chi connectivity index (χ2n) is 13.0. The summed E-state index contributed by atoms with van der Waals surface area (Å²) in [6, 6.07) is 22.2. The lowest BCUT2D eigenvalue weighted by atomic mass is 9.70. The summed E-state index contributed by atoms with van der Waals surface area (Å²) >= 11 is 0. The van der Waals surface area contributed by atoms with E-state index in [-0.39, 0.29) is 50.4 Å². The highest BCUT2D eigenvalue weighted by Gasteiger charge is 2.66. The van der Waals surface area contributed by atoms with Gasteiger partial charge in [0, 0.05) is 42.7 Å². The fourth-order valence-corrected chi connectivity index (χ4v) is 7.62. The first-order valence-corrected chi connectivity index (χ1v) is 16.0. The average Bonchev–Trinajstić information content (AvgIpc) is 3.47. The van der Waals surface area contributed by atoms with Crippen LogP contribution in [0.25, 0.3) is 0 Å². The fraction of sp³-hybridized carbons (Fsp3) is 0.378. The zero-order valence-corrected chi connectivity index (χ0v) is 27.0. The smallest absolute Gasteiger partial charge is 0.269 e. The number of aliphatic hydroxyl groups is 2. The molecule has 1 fully saturated rings. The van der Waals surface area contributed by atoms with Gasteiger partial charge in [0.05, 0.1) is 36.1 Å². The molecule has 0 aliphatic carbocycles. The van der Waals surface area contributed by atoms with Crippen LogP contribution in [-0.4, -0.2) is 70.8 Å². The first kappa shape index (κ1) is 32.4. The Bertz CT molecular complexity index is 1690. The largest absolute Gasteiger partial charge is 0.482 e. The van der Waals surface area contributed by atoms with Gasteiger partial charge >= 0.3 is 0 Å². The molecule has 0 saturated carbocycles. The standard InChI is InChI=1S/C37H41N3O7/c1-5-17-39-28-16-15-26(40-29-13-9-10-14-30(29)46-23-33(40)43)20-27(28)37(35(39)44)24(2)34(36(3,4)45)31(47-37)21-32(42)38(18-19-41)22-25-11-7-6-8-12-25/h5-16,20,24,31,34,41,45H,1,17-19,21-23H2,2-4H3/t24-,31+,34-,37+/m0/s1. The molecule has 3 amide bonds. The van der Waals surface area contributed by atoms with Gasteiger partial charge in [-0.15, -0.1) is 6.58 Å². The van der Waals surface area contributed by atoms with Gasteiger partial charge in [0.1, 0.15) is 5.75 Å². The quantitative estimate of drug-likeness (QED) is 0.318. The molecule has 1 saturated heterocycles. The molecule has 6 rings (SSSR count). The minimum absolute atomic E-state index is 0.104. The summed E-state index contributed by atoms with van der Waals surface area (Å²) in [4.78, 5) is 46.5. The lowest BCUT2D eigenvalue weighted by molar-refractivity contribution is -0.150. The molecule has 10 nitrogen and oxygen atoms in total. The monoisotopic (exact) mass is 639 g/mol. The highest BCUT2D eigenvalue weighted by atomic mass is 16.5. The van der Waals surface area contributed by atoms with Crippen molar-refractivity contribution < 1.29 is 34.1 Å². The third kappa shape index (κ3) is 5.60. The van der Waals surface area contributed by atoms with Crippen LogP contribution >= 0.6 is 0 Å². The number of amides is 3. The van der Waals surface area contributed by atoms with Crippen molar-refractivity contribution in [3.8, 4) is 5.75 Å². The van der Waals surface area contributed by atoms with E-state index in [1.165, 1.54) is 0 Å². The summed E-state index contributed by atoms with van der Waals surface area (Å²) in [5.74, 6) is -1.44. The Labute approximate surface area is 274 Å². The Morgan fingerprint density at radius 3 is 2.51 bits per heavy atom. The summed E-state index contributed by atoms with van der Waals surface area (Å²) in [5, 5.41) is 21.3. The van der Waals surface area contributed by atoms with Crippen LogP contribution in [0.4, 0.5) is 17.1 Å². The SMILES string of the molecule is C=CCN1C(=O)[C@]2(O[C@H](CC(=O)N(CCO)Cc3ccccc3)[C@@H](C(C)(C)O)[C@@H]2C)c2cc(N3C(=O)COc4ccccc43)ccc21. The van der Waals surface area contributed by atoms with Crippen molar-refractivity contribution in [2.75, 3.05) is 36.1 Å². The summed E-state index contributed by atoms with van der Waals surface area (Å²) in [5.41, 5.74) is 0.365. The molecule has 2 N–H and O–H groups in total. The van der Waals surface area contributed by atoms with E-state index >= 15 is 0 Å². The van der Waals surface area contributed by atoms with Crippen molar-refractivity contribution in [2.24, 2.45) is 11.8 Å². The van der Waals surface area contributed by atoms with Gasteiger partial charge in [-0.05, 0) is 49.7 Å². The number of ether oxygens (including phenoxy) is 2. The van der Waals surface area contributed by atoms with E-state index in [2.05, 4.69) is 6.58 Å². The molecule has 4 atom stereocenters.